The van der Waals surface area contributed by atoms with Gasteiger partial charge in [0.25, 0.3) is 11.5 Å². The molecule has 2 aromatic heterocycles. The smallest absolute Gasteiger partial charge is 0.331 e. The van der Waals surface area contributed by atoms with Crippen LogP contribution in [0.2, 0.25) is 0 Å². The molecule has 9 nitrogen and oxygen atoms in total. The lowest BCUT2D eigenvalue weighted by Crippen LogP contribution is -2.42. The quantitative estimate of drug-likeness (QED) is 0.685. The number of imidazole rings is 1. The molecule has 0 saturated heterocycles. The van der Waals surface area contributed by atoms with E-state index in [0.29, 0.717) is 11.6 Å². The Morgan fingerprint density at radius 2 is 1.89 bits per heavy atom. The number of methoxy groups -OCH3 is 1. The van der Waals surface area contributed by atoms with Crippen molar-refractivity contribution in [3.8, 4) is 5.75 Å². The standard InChI is InChI=1S/C19H21N5O4/c1-22-9-8-20-17(22)16(12-6-5-7-13(10-12)28-4)21-18(26)14-11-15(25)24(3)19(27)23(14)2/h5-11,16H,1-4H3,(H,21,26)/t16-/m0/s1. The van der Waals surface area contributed by atoms with E-state index in [9.17, 15) is 14.4 Å². The number of nitrogens with one attached hydrogen (secondary N) is 1. The summed E-state index contributed by atoms with van der Waals surface area (Å²) in [4.78, 5) is 41.4. The summed E-state index contributed by atoms with van der Waals surface area (Å²) in [5, 5.41) is 2.87. The number of hydrogen-bond acceptors (Lipinski definition) is 5. The molecule has 0 aliphatic heterocycles. The second-order valence-electron chi connectivity index (χ2n) is 6.35. The van der Waals surface area contributed by atoms with Gasteiger partial charge in [-0.2, -0.15) is 0 Å². The van der Waals surface area contributed by atoms with Crippen molar-refractivity contribution in [2.75, 3.05) is 7.11 Å². The Morgan fingerprint density at radius 3 is 2.54 bits per heavy atom. The predicted molar refractivity (Wildman–Crippen MR) is 102 cm³/mol. The van der Waals surface area contributed by atoms with E-state index in [1.165, 1.54) is 14.1 Å². The summed E-state index contributed by atoms with van der Waals surface area (Å²) in [5.74, 6) is 0.662. The number of aromatic nitrogens is 4. The molecule has 1 N–H and O–H groups in total. The van der Waals surface area contributed by atoms with Gasteiger partial charge < -0.3 is 14.6 Å². The van der Waals surface area contributed by atoms with E-state index in [1.807, 2.05) is 19.2 Å². The number of aryl methyl sites for hydroxylation is 1. The van der Waals surface area contributed by atoms with Crippen LogP contribution < -0.4 is 21.3 Å². The van der Waals surface area contributed by atoms with Crippen molar-refractivity contribution in [1.82, 2.24) is 24.0 Å². The molecule has 1 atom stereocenters. The highest BCUT2D eigenvalue weighted by atomic mass is 16.5. The molecule has 0 fully saturated rings. The predicted octanol–water partition coefficient (Wildman–Crippen LogP) is 0.345. The van der Waals surface area contributed by atoms with E-state index in [0.717, 1.165) is 20.8 Å². The Labute approximate surface area is 160 Å². The molecule has 0 radical (unpaired) electrons. The van der Waals surface area contributed by atoms with Crippen LogP contribution in [0.25, 0.3) is 0 Å². The van der Waals surface area contributed by atoms with E-state index in [1.54, 1.807) is 36.2 Å². The Balaban J connectivity index is 2.06. The molecular formula is C19H21N5O4. The van der Waals surface area contributed by atoms with Gasteiger partial charge in [0.05, 0.1) is 7.11 Å². The molecule has 0 aliphatic rings. The molecule has 0 unspecified atom stereocenters. The lowest BCUT2D eigenvalue weighted by Gasteiger charge is -2.20. The lowest BCUT2D eigenvalue weighted by molar-refractivity contribution is 0.0930. The second-order valence-corrected chi connectivity index (χ2v) is 6.35. The summed E-state index contributed by atoms with van der Waals surface area (Å²) in [6.45, 7) is 0. The molecule has 2 heterocycles. The molecule has 0 saturated carbocycles. The zero-order valence-corrected chi connectivity index (χ0v) is 16.0. The average molecular weight is 383 g/mol. The van der Waals surface area contributed by atoms with Crippen molar-refractivity contribution >= 4 is 5.91 Å². The van der Waals surface area contributed by atoms with Crippen LogP contribution in [-0.2, 0) is 21.1 Å². The maximum Gasteiger partial charge on any atom is 0.331 e. The van der Waals surface area contributed by atoms with E-state index >= 15 is 0 Å². The van der Waals surface area contributed by atoms with Gasteiger partial charge in [0.2, 0.25) is 0 Å². The fourth-order valence-electron chi connectivity index (χ4n) is 2.93. The first kappa shape index (κ1) is 19.2. The Bertz CT molecular complexity index is 1140. The fraction of sp³-hybridized carbons (Fsp3) is 0.263. The molecule has 28 heavy (non-hydrogen) atoms. The Morgan fingerprint density at radius 1 is 1.14 bits per heavy atom. The minimum atomic E-state index is -0.609. The molecule has 3 rings (SSSR count). The van der Waals surface area contributed by atoms with Crippen LogP contribution in [0, 0.1) is 0 Å². The number of carbonyl (C=O) groups is 1. The van der Waals surface area contributed by atoms with Crippen molar-refractivity contribution in [3.63, 3.8) is 0 Å². The normalized spacial score (nSPS) is 11.9. The highest BCUT2D eigenvalue weighted by molar-refractivity contribution is 5.92. The molecular weight excluding hydrogens is 362 g/mol. The molecule has 1 amide bonds. The number of rotatable bonds is 5. The number of carbonyl (C=O) groups excluding carboxylic acids is 1. The van der Waals surface area contributed by atoms with Crippen LogP contribution in [0.5, 0.6) is 5.75 Å². The SMILES string of the molecule is COc1cccc([C@H](NC(=O)c2cc(=O)n(C)c(=O)n2C)c2nccn2C)c1. The van der Waals surface area contributed by atoms with Gasteiger partial charge in [-0.05, 0) is 17.7 Å². The first-order valence-electron chi connectivity index (χ1n) is 8.52. The third kappa shape index (κ3) is 3.46. The fourth-order valence-corrected chi connectivity index (χ4v) is 2.93. The van der Waals surface area contributed by atoms with Crippen LogP contribution in [0.4, 0.5) is 0 Å². The maximum absolute atomic E-state index is 12.9. The van der Waals surface area contributed by atoms with Crippen molar-refractivity contribution in [2.24, 2.45) is 21.1 Å². The largest absolute Gasteiger partial charge is 0.497 e. The van der Waals surface area contributed by atoms with Crippen molar-refractivity contribution < 1.29 is 9.53 Å². The van der Waals surface area contributed by atoms with E-state index in [4.69, 9.17) is 4.74 Å². The number of amides is 1. The minimum absolute atomic E-state index is 0.0322. The monoisotopic (exact) mass is 383 g/mol. The number of nitrogens with zero attached hydrogens (tertiary/aromatic N) is 4. The molecule has 3 aromatic rings. The summed E-state index contributed by atoms with van der Waals surface area (Å²) < 4.78 is 9.14. The number of hydrogen-bond donors (Lipinski definition) is 1. The third-order valence-electron chi connectivity index (χ3n) is 4.58. The number of benzene rings is 1. The molecule has 1 aromatic carbocycles. The average Bonchev–Trinajstić information content (AvgIpc) is 3.12. The van der Waals surface area contributed by atoms with Gasteiger partial charge in [-0.3, -0.25) is 18.7 Å². The topological polar surface area (TPSA) is 100 Å². The molecule has 146 valence electrons. The van der Waals surface area contributed by atoms with Crippen molar-refractivity contribution in [2.45, 2.75) is 6.04 Å². The Kier molecular flexibility index (Phi) is 5.16. The van der Waals surface area contributed by atoms with Gasteiger partial charge >= 0.3 is 5.69 Å². The molecule has 0 aliphatic carbocycles. The van der Waals surface area contributed by atoms with Crippen LogP contribution in [-0.4, -0.2) is 31.7 Å². The first-order valence-corrected chi connectivity index (χ1v) is 8.52. The second kappa shape index (κ2) is 7.55. The van der Waals surface area contributed by atoms with E-state index in [2.05, 4.69) is 10.3 Å². The van der Waals surface area contributed by atoms with Crippen LogP contribution in [0.15, 0.2) is 52.3 Å². The summed E-state index contributed by atoms with van der Waals surface area (Å²) in [6, 6.07) is 7.77. The molecule has 0 spiro atoms. The van der Waals surface area contributed by atoms with E-state index in [-0.39, 0.29) is 5.69 Å². The van der Waals surface area contributed by atoms with Crippen molar-refractivity contribution in [3.05, 3.63) is 80.6 Å². The van der Waals surface area contributed by atoms with Crippen LogP contribution in [0.3, 0.4) is 0 Å². The molecule has 0 bridgehead atoms. The van der Waals surface area contributed by atoms with Gasteiger partial charge in [-0.25, -0.2) is 9.78 Å². The van der Waals surface area contributed by atoms with E-state index < -0.39 is 23.2 Å². The summed E-state index contributed by atoms with van der Waals surface area (Å²) in [7, 11) is 6.18. The first-order chi connectivity index (χ1) is 13.3. The van der Waals surface area contributed by atoms with Crippen LogP contribution >= 0.6 is 0 Å². The van der Waals surface area contributed by atoms with Gasteiger partial charge in [0, 0.05) is 39.6 Å². The van der Waals surface area contributed by atoms with Gasteiger partial charge in [0.1, 0.15) is 23.3 Å². The number of ether oxygens (including phenoxy) is 1. The zero-order chi connectivity index (χ0) is 20.4. The van der Waals surface area contributed by atoms with Gasteiger partial charge in [-0.15, -0.1) is 0 Å². The summed E-state index contributed by atoms with van der Waals surface area (Å²) >= 11 is 0. The van der Waals surface area contributed by atoms with Crippen molar-refractivity contribution in [1.29, 1.82) is 0 Å². The maximum atomic E-state index is 12.9. The van der Waals surface area contributed by atoms with Gasteiger partial charge in [0.15, 0.2) is 0 Å². The summed E-state index contributed by atoms with van der Waals surface area (Å²) in [5.41, 5.74) is -0.415. The highest BCUT2D eigenvalue weighted by Gasteiger charge is 2.23. The zero-order valence-electron chi connectivity index (χ0n) is 16.0. The van der Waals surface area contributed by atoms with Crippen LogP contribution in [0.1, 0.15) is 27.9 Å². The van der Waals surface area contributed by atoms with Gasteiger partial charge in [-0.1, -0.05) is 12.1 Å². The highest BCUT2D eigenvalue weighted by Crippen LogP contribution is 2.24. The third-order valence-corrected chi connectivity index (χ3v) is 4.58. The summed E-state index contributed by atoms with van der Waals surface area (Å²) in [6.07, 6.45) is 3.39. The lowest BCUT2D eigenvalue weighted by atomic mass is 10.1. The molecule has 9 heteroatoms. The minimum Gasteiger partial charge on any atom is -0.497 e. The Hall–Kier alpha value is -3.62.